The molecule has 1 amide bonds. The van der Waals surface area contributed by atoms with E-state index in [1.54, 1.807) is 22.7 Å². The number of pyridine rings is 1. The van der Waals surface area contributed by atoms with Gasteiger partial charge in [-0.25, -0.2) is 9.50 Å². The molecule has 25 heavy (non-hydrogen) atoms. The molecule has 4 rings (SSSR count). The summed E-state index contributed by atoms with van der Waals surface area (Å²) in [7, 11) is 0. The number of hydrogen-bond donors (Lipinski definition) is 0. The number of rotatable bonds is 2. The third kappa shape index (κ3) is 2.64. The van der Waals surface area contributed by atoms with Crippen molar-refractivity contribution in [2.24, 2.45) is 0 Å². The number of carbonyl (C=O) groups is 1. The summed E-state index contributed by atoms with van der Waals surface area (Å²) in [5.41, 5.74) is 3.52. The van der Waals surface area contributed by atoms with Gasteiger partial charge < -0.3 is 4.90 Å². The molecule has 3 heterocycles. The van der Waals surface area contributed by atoms with Gasteiger partial charge in [-0.1, -0.05) is 12.1 Å². The molecule has 0 unspecified atom stereocenters. The Bertz CT molecular complexity index is 983. The van der Waals surface area contributed by atoms with Crippen molar-refractivity contribution in [3.63, 3.8) is 0 Å². The van der Waals surface area contributed by atoms with Crippen LogP contribution in [0.2, 0.25) is 0 Å². The molecule has 3 aromatic rings. The topological polar surface area (TPSA) is 74.3 Å². The normalized spacial score (nSPS) is 17.0. The number of hydrogen-bond acceptors (Lipinski definition) is 4. The van der Waals surface area contributed by atoms with E-state index in [2.05, 4.69) is 23.1 Å². The van der Waals surface area contributed by atoms with Gasteiger partial charge in [-0.05, 0) is 44.0 Å². The van der Waals surface area contributed by atoms with Crippen LogP contribution in [0.25, 0.3) is 16.9 Å². The first kappa shape index (κ1) is 15.3. The molecule has 1 fully saturated rings. The first-order chi connectivity index (χ1) is 12.2. The van der Waals surface area contributed by atoms with Crippen molar-refractivity contribution < 1.29 is 4.79 Å². The number of fused-ring (bicyclic) bond motifs is 1. The maximum absolute atomic E-state index is 12.9. The Labute approximate surface area is 145 Å². The zero-order valence-electron chi connectivity index (χ0n) is 13.9. The lowest BCUT2D eigenvalue weighted by Gasteiger charge is -2.21. The van der Waals surface area contributed by atoms with Crippen LogP contribution in [0.5, 0.6) is 0 Å². The van der Waals surface area contributed by atoms with Gasteiger partial charge in [0.25, 0.3) is 5.91 Å². The molecule has 0 aliphatic carbocycles. The van der Waals surface area contributed by atoms with Crippen LogP contribution in [-0.4, -0.2) is 38.0 Å². The number of amides is 1. The average Bonchev–Trinajstić information content (AvgIpc) is 3.29. The predicted octanol–water partition coefficient (Wildman–Crippen LogP) is 2.89. The highest BCUT2D eigenvalue weighted by atomic mass is 16.2. The van der Waals surface area contributed by atoms with Gasteiger partial charge in [0.2, 0.25) is 0 Å². The Hall–Kier alpha value is -3.20. The molecule has 0 spiro atoms. The highest BCUT2D eigenvalue weighted by Crippen LogP contribution is 2.25. The summed E-state index contributed by atoms with van der Waals surface area (Å²) < 4.78 is 1.71. The summed E-state index contributed by atoms with van der Waals surface area (Å²) in [6, 6.07) is 13.3. The molecular weight excluding hydrogens is 314 g/mol. The standard InChI is InChI=1S/C19H17N5O/c1-13-3-2-8-23(13)19(25)16-9-17(24-18(10-16)21-12-22-24)15-6-4-14(11-20)5-7-15/h4-7,9-10,12-13H,2-3,8H2,1H3/t13-/m0/s1. The smallest absolute Gasteiger partial charge is 0.254 e. The number of carbonyl (C=O) groups excluding carboxylic acids is 1. The summed E-state index contributed by atoms with van der Waals surface area (Å²) in [6.07, 6.45) is 3.57. The Morgan fingerprint density at radius 2 is 2.08 bits per heavy atom. The van der Waals surface area contributed by atoms with Crippen molar-refractivity contribution in [1.82, 2.24) is 19.5 Å². The second-order valence-electron chi connectivity index (χ2n) is 6.34. The highest BCUT2D eigenvalue weighted by molar-refractivity contribution is 5.96. The number of likely N-dealkylation sites (tertiary alicyclic amines) is 1. The van der Waals surface area contributed by atoms with E-state index in [1.165, 1.54) is 6.33 Å². The van der Waals surface area contributed by atoms with Crippen LogP contribution in [-0.2, 0) is 0 Å². The van der Waals surface area contributed by atoms with Gasteiger partial charge >= 0.3 is 0 Å². The number of nitrogens with zero attached hydrogens (tertiary/aromatic N) is 5. The number of nitriles is 1. The fourth-order valence-corrected chi connectivity index (χ4v) is 3.37. The number of aromatic nitrogens is 3. The lowest BCUT2D eigenvalue weighted by Crippen LogP contribution is -2.33. The van der Waals surface area contributed by atoms with Gasteiger partial charge in [0.15, 0.2) is 5.65 Å². The van der Waals surface area contributed by atoms with Crippen molar-refractivity contribution in [3.8, 4) is 17.3 Å². The molecule has 1 aliphatic rings. The maximum atomic E-state index is 12.9. The summed E-state index contributed by atoms with van der Waals surface area (Å²) >= 11 is 0. The molecule has 6 nitrogen and oxygen atoms in total. The molecular formula is C19H17N5O. The van der Waals surface area contributed by atoms with E-state index in [-0.39, 0.29) is 11.9 Å². The Morgan fingerprint density at radius 3 is 2.76 bits per heavy atom. The zero-order chi connectivity index (χ0) is 17.4. The predicted molar refractivity (Wildman–Crippen MR) is 92.9 cm³/mol. The molecule has 0 bridgehead atoms. The van der Waals surface area contributed by atoms with Crippen LogP contribution in [0.3, 0.4) is 0 Å². The molecule has 124 valence electrons. The van der Waals surface area contributed by atoms with E-state index >= 15 is 0 Å². The van der Waals surface area contributed by atoms with E-state index < -0.39 is 0 Å². The first-order valence-corrected chi connectivity index (χ1v) is 8.32. The zero-order valence-corrected chi connectivity index (χ0v) is 13.9. The molecule has 1 atom stereocenters. The van der Waals surface area contributed by atoms with Crippen molar-refractivity contribution in [1.29, 1.82) is 5.26 Å². The monoisotopic (exact) mass is 331 g/mol. The molecule has 1 aliphatic heterocycles. The second kappa shape index (κ2) is 6.02. The van der Waals surface area contributed by atoms with Crippen molar-refractivity contribution in [2.45, 2.75) is 25.8 Å². The molecule has 1 aromatic carbocycles. The molecule has 1 saturated heterocycles. The average molecular weight is 331 g/mol. The van der Waals surface area contributed by atoms with E-state index in [1.807, 2.05) is 23.1 Å². The van der Waals surface area contributed by atoms with Gasteiger partial charge in [-0.2, -0.15) is 10.4 Å². The number of benzene rings is 1. The van der Waals surface area contributed by atoms with Crippen LogP contribution in [0.15, 0.2) is 42.7 Å². The summed E-state index contributed by atoms with van der Waals surface area (Å²) in [6.45, 7) is 2.88. The Morgan fingerprint density at radius 1 is 1.28 bits per heavy atom. The van der Waals surface area contributed by atoms with Crippen LogP contribution in [0.4, 0.5) is 0 Å². The van der Waals surface area contributed by atoms with E-state index in [4.69, 9.17) is 5.26 Å². The third-order valence-electron chi connectivity index (χ3n) is 4.75. The van der Waals surface area contributed by atoms with Crippen molar-refractivity contribution in [2.75, 3.05) is 6.54 Å². The van der Waals surface area contributed by atoms with E-state index in [9.17, 15) is 4.79 Å². The maximum Gasteiger partial charge on any atom is 0.254 e. The van der Waals surface area contributed by atoms with Crippen LogP contribution < -0.4 is 0 Å². The van der Waals surface area contributed by atoms with Gasteiger partial charge in [0.05, 0.1) is 17.3 Å². The minimum atomic E-state index is 0.0328. The second-order valence-corrected chi connectivity index (χ2v) is 6.34. The largest absolute Gasteiger partial charge is 0.336 e. The summed E-state index contributed by atoms with van der Waals surface area (Å²) in [5.74, 6) is 0.0328. The van der Waals surface area contributed by atoms with Gasteiger partial charge in [0, 0.05) is 23.7 Å². The highest BCUT2D eigenvalue weighted by Gasteiger charge is 2.27. The van der Waals surface area contributed by atoms with Crippen molar-refractivity contribution in [3.05, 3.63) is 53.9 Å². The Kier molecular flexibility index (Phi) is 3.69. The summed E-state index contributed by atoms with van der Waals surface area (Å²) in [4.78, 5) is 19.1. The van der Waals surface area contributed by atoms with Crippen molar-refractivity contribution >= 4 is 11.6 Å². The van der Waals surface area contributed by atoms with Gasteiger partial charge in [0.1, 0.15) is 6.33 Å². The minimum absolute atomic E-state index is 0.0328. The van der Waals surface area contributed by atoms with Gasteiger partial charge in [-0.3, -0.25) is 4.79 Å². The van der Waals surface area contributed by atoms with E-state index in [0.717, 1.165) is 30.6 Å². The van der Waals surface area contributed by atoms with Crippen LogP contribution in [0, 0.1) is 11.3 Å². The molecule has 2 aromatic heterocycles. The summed E-state index contributed by atoms with van der Waals surface area (Å²) in [5, 5.41) is 13.2. The molecule has 0 N–H and O–H groups in total. The first-order valence-electron chi connectivity index (χ1n) is 8.32. The molecule has 6 heteroatoms. The van der Waals surface area contributed by atoms with Crippen LogP contribution >= 0.6 is 0 Å². The van der Waals surface area contributed by atoms with Crippen LogP contribution in [0.1, 0.15) is 35.7 Å². The Balaban J connectivity index is 1.82. The lowest BCUT2D eigenvalue weighted by molar-refractivity contribution is 0.0747. The lowest BCUT2D eigenvalue weighted by atomic mass is 10.1. The molecule has 0 saturated carbocycles. The third-order valence-corrected chi connectivity index (χ3v) is 4.75. The molecule has 0 radical (unpaired) electrons. The quantitative estimate of drug-likeness (QED) is 0.723. The van der Waals surface area contributed by atoms with Gasteiger partial charge in [-0.15, -0.1) is 0 Å². The van der Waals surface area contributed by atoms with E-state index in [0.29, 0.717) is 16.8 Å². The fourth-order valence-electron chi connectivity index (χ4n) is 3.37. The minimum Gasteiger partial charge on any atom is -0.336 e. The SMILES string of the molecule is C[C@H]1CCCN1C(=O)c1cc(-c2ccc(C#N)cc2)n2ncnc2c1. The fraction of sp³-hybridized carbons (Fsp3) is 0.263.